The van der Waals surface area contributed by atoms with E-state index in [0.717, 1.165) is 6.42 Å². The van der Waals surface area contributed by atoms with E-state index < -0.39 is 0 Å². The molecule has 11 heavy (non-hydrogen) atoms. The summed E-state index contributed by atoms with van der Waals surface area (Å²) in [5.41, 5.74) is -0.0164. The fourth-order valence-corrected chi connectivity index (χ4v) is 0.917. The van der Waals surface area contributed by atoms with Gasteiger partial charge in [-0.05, 0) is 27.3 Å². The molecule has 3 nitrogen and oxygen atoms in total. The van der Waals surface area contributed by atoms with Crippen LogP contribution in [0, 0.1) is 0 Å². The first kappa shape index (κ1) is 10.9. The van der Waals surface area contributed by atoms with E-state index in [2.05, 4.69) is 13.8 Å². The van der Waals surface area contributed by atoms with Crippen molar-refractivity contribution in [3.63, 3.8) is 0 Å². The van der Waals surface area contributed by atoms with Crippen molar-refractivity contribution in [3.8, 4) is 0 Å². The molecule has 0 aliphatic heterocycles. The van der Waals surface area contributed by atoms with Crippen LogP contribution in [0.15, 0.2) is 0 Å². The predicted octanol–water partition coefficient (Wildman–Crippen LogP) is 0.0715. The Balaban J connectivity index is 3.83. The lowest BCUT2D eigenvalue weighted by molar-refractivity contribution is 0.0953. The topological polar surface area (TPSA) is 43.7 Å². The normalized spacial score (nSPS) is 12.5. The smallest absolute Gasteiger partial charge is 0.0558 e. The molecule has 0 heterocycles. The molecule has 0 amide bonds. The summed E-state index contributed by atoms with van der Waals surface area (Å²) in [6.07, 6.45) is 0.740. The Morgan fingerprint density at radius 1 is 1.18 bits per heavy atom. The quantitative estimate of drug-likeness (QED) is 0.600. The van der Waals surface area contributed by atoms with Crippen molar-refractivity contribution in [2.75, 3.05) is 26.8 Å². The molecule has 0 aromatic heterocycles. The highest BCUT2D eigenvalue weighted by atomic mass is 16.3. The maximum absolute atomic E-state index is 8.73. The molecule has 0 saturated heterocycles. The number of hydrogen-bond donors (Lipinski definition) is 2. The zero-order chi connectivity index (χ0) is 8.91. The van der Waals surface area contributed by atoms with Gasteiger partial charge in [0, 0.05) is 18.7 Å². The van der Waals surface area contributed by atoms with E-state index in [4.69, 9.17) is 10.2 Å². The number of nitrogens with zero attached hydrogens (tertiary/aromatic N) is 1. The van der Waals surface area contributed by atoms with Crippen LogP contribution < -0.4 is 0 Å². The minimum atomic E-state index is -0.0164. The fraction of sp³-hybridized carbons (Fsp3) is 1.00. The molecule has 0 aliphatic rings. The molecule has 0 fully saturated rings. The Hall–Kier alpha value is -0.120. The van der Waals surface area contributed by atoms with Gasteiger partial charge in [-0.15, -0.1) is 0 Å². The van der Waals surface area contributed by atoms with Crippen molar-refractivity contribution in [2.24, 2.45) is 0 Å². The zero-order valence-electron chi connectivity index (χ0n) is 7.67. The van der Waals surface area contributed by atoms with Gasteiger partial charge in [-0.3, -0.25) is 4.90 Å². The minimum Gasteiger partial charge on any atom is -0.396 e. The van der Waals surface area contributed by atoms with Gasteiger partial charge in [0.2, 0.25) is 0 Å². The Bertz CT molecular complexity index is 104. The number of β-amino-alcohol motifs (C(OH)–C–C–N with tert-alkyl or cyclic N) is 1. The van der Waals surface area contributed by atoms with E-state index in [1.807, 2.05) is 11.9 Å². The van der Waals surface area contributed by atoms with Crippen LogP contribution in [0.3, 0.4) is 0 Å². The largest absolute Gasteiger partial charge is 0.396 e. The Kier molecular flexibility index (Phi) is 4.65. The fourth-order valence-electron chi connectivity index (χ4n) is 0.917. The summed E-state index contributed by atoms with van der Waals surface area (Å²) < 4.78 is 0. The van der Waals surface area contributed by atoms with Crippen LogP contribution >= 0.6 is 0 Å². The van der Waals surface area contributed by atoms with E-state index >= 15 is 0 Å². The van der Waals surface area contributed by atoms with E-state index in [9.17, 15) is 0 Å². The Labute approximate surface area is 68.6 Å². The Morgan fingerprint density at radius 2 is 1.73 bits per heavy atom. The molecule has 68 valence electrons. The van der Waals surface area contributed by atoms with Crippen LogP contribution in [-0.2, 0) is 0 Å². The van der Waals surface area contributed by atoms with Gasteiger partial charge < -0.3 is 10.2 Å². The second kappa shape index (κ2) is 4.70. The van der Waals surface area contributed by atoms with Crippen LogP contribution in [0.25, 0.3) is 0 Å². The first-order valence-electron chi connectivity index (χ1n) is 3.97. The third-order valence-electron chi connectivity index (χ3n) is 2.19. The van der Waals surface area contributed by atoms with Crippen LogP contribution in [0.1, 0.15) is 20.3 Å². The van der Waals surface area contributed by atoms with E-state index in [0.29, 0.717) is 6.54 Å². The summed E-state index contributed by atoms with van der Waals surface area (Å²) >= 11 is 0. The third kappa shape index (κ3) is 3.70. The van der Waals surface area contributed by atoms with Crippen molar-refractivity contribution >= 4 is 0 Å². The van der Waals surface area contributed by atoms with E-state index in [-0.39, 0.29) is 18.8 Å². The van der Waals surface area contributed by atoms with Gasteiger partial charge in [0.15, 0.2) is 0 Å². The van der Waals surface area contributed by atoms with Crippen molar-refractivity contribution in [2.45, 2.75) is 25.8 Å². The van der Waals surface area contributed by atoms with Gasteiger partial charge in [-0.1, -0.05) is 0 Å². The SMILES string of the molecule is CN(CCO)C(C)(C)CCO. The predicted molar refractivity (Wildman–Crippen MR) is 45.5 cm³/mol. The number of rotatable bonds is 5. The molecule has 0 bridgehead atoms. The van der Waals surface area contributed by atoms with Gasteiger partial charge >= 0.3 is 0 Å². The van der Waals surface area contributed by atoms with Crippen LogP contribution in [0.4, 0.5) is 0 Å². The molecule has 0 rings (SSSR count). The summed E-state index contributed by atoms with van der Waals surface area (Å²) in [4.78, 5) is 2.04. The van der Waals surface area contributed by atoms with Gasteiger partial charge in [-0.25, -0.2) is 0 Å². The first-order chi connectivity index (χ1) is 5.04. The van der Waals surface area contributed by atoms with Crippen molar-refractivity contribution in [3.05, 3.63) is 0 Å². The van der Waals surface area contributed by atoms with Gasteiger partial charge in [-0.2, -0.15) is 0 Å². The highest BCUT2D eigenvalue weighted by Gasteiger charge is 2.21. The molecule has 0 radical (unpaired) electrons. The molecule has 2 N–H and O–H groups in total. The Morgan fingerprint density at radius 3 is 2.09 bits per heavy atom. The van der Waals surface area contributed by atoms with Gasteiger partial charge in [0.1, 0.15) is 0 Å². The average molecular weight is 161 g/mol. The van der Waals surface area contributed by atoms with Crippen LogP contribution in [0.2, 0.25) is 0 Å². The monoisotopic (exact) mass is 161 g/mol. The zero-order valence-corrected chi connectivity index (χ0v) is 7.67. The first-order valence-corrected chi connectivity index (χ1v) is 3.97. The lowest BCUT2D eigenvalue weighted by Crippen LogP contribution is -2.43. The maximum Gasteiger partial charge on any atom is 0.0558 e. The number of aliphatic hydroxyl groups is 2. The van der Waals surface area contributed by atoms with Gasteiger partial charge in [0.25, 0.3) is 0 Å². The summed E-state index contributed by atoms with van der Waals surface area (Å²) in [6.45, 7) is 5.14. The highest BCUT2D eigenvalue weighted by Crippen LogP contribution is 2.15. The standard InChI is InChI=1S/C8H19NO2/c1-8(2,4-6-10)9(3)5-7-11/h10-11H,4-7H2,1-3H3. The molecule has 0 unspecified atom stereocenters. The van der Waals surface area contributed by atoms with Gasteiger partial charge in [0.05, 0.1) is 6.61 Å². The molecule has 3 heteroatoms. The second-order valence-corrected chi connectivity index (χ2v) is 3.43. The summed E-state index contributed by atoms with van der Waals surface area (Å²) in [5, 5.41) is 17.4. The highest BCUT2D eigenvalue weighted by molar-refractivity contribution is 4.78. The van der Waals surface area contributed by atoms with E-state index in [1.165, 1.54) is 0 Å². The second-order valence-electron chi connectivity index (χ2n) is 3.43. The van der Waals surface area contributed by atoms with Crippen LogP contribution in [-0.4, -0.2) is 47.5 Å². The number of hydrogen-bond acceptors (Lipinski definition) is 3. The average Bonchev–Trinajstić information content (AvgIpc) is 1.88. The van der Waals surface area contributed by atoms with Crippen LogP contribution in [0.5, 0.6) is 0 Å². The number of likely N-dealkylation sites (N-methyl/N-ethyl adjacent to an activating group) is 1. The molecule has 0 aromatic carbocycles. The molecule has 0 aromatic rings. The third-order valence-corrected chi connectivity index (χ3v) is 2.19. The maximum atomic E-state index is 8.73. The summed E-state index contributed by atoms with van der Waals surface area (Å²) in [7, 11) is 1.95. The number of aliphatic hydroxyl groups excluding tert-OH is 2. The molecule has 0 saturated carbocycles. The lowest BCUT2D eigenvalue weighted by atomic mass is 9.99. The summed E-state index contributed by atoms with van der Waals surface area (Å²) in [5.74, 6) is 0. The lowest BCUT2D eigenvalue weighted by Gasteiger charge is -2.34. The van der Waals surface area contributed by atoms with Crippen molar-refractivity contribution < 1.29 is 10.2 Å². The molecule has 0 aliphatic carbocycles. The summed E-state index contributed by atoms with van der Waals surface area (Å²) in [6, 6.07) is 0. The van der Waals surface area contributed by atoms with Crippen molar-refractivity contribution in [1.29, 1.82) is 0 Å². The molecule has 0 spiro atoms. The van der Waals surface area contributed by atoms with Crippen molar-refractivity contribution in [1.82, 2.24) is 4.90 Å². The molecular formula is C8H19NO2. The minimum absolute atomic E-state index is 0.0164. The van der Waals surface area contributed by atoms with E-state index in [1.54, 1.807) is 0 Å². The molecular weight excluding hydrogens is 142 g/mol. The molecule has 0 atom stereocenters.